The van der Waals surface area contributed by atoms with Gasteiger partial charge in [0.1, 0.15) is 12.8 Å². The van der Waals surface area contributed by atoms with E-state index in [0.717, 1.165) is 12.2 Å². The summed E-state index contributed by atoms with van der Waals surface area (Å²) in [6.07, 6.45) is -1.19. The first-order valence-corrected chi connectivity index (χ1v) is 16.6. The van der Waals surface area contributed by atoms with Crippen molar-refractivity contribution in [2.45, 2.75) is 76.4 Å². The predicted molar refractivity (Wildman–Crippen MR) is 162 cm³/mol. The number of carbonyl (C=O) groups is 4. The number of nitrogens with zero attached hydrogens (tertiary/aromatic N) is 2. The van der Waals surface area contributed by atoms with Gasteiger partial charge in [0.15, 0.2) is 23.7 Å². The number of aliphatic hydroxyl groups excluding tert-OH is 1. The number of fused-ring (bicyclic) bond motifs is 5. The fourth-order valence-corrected chi connectivity index (χ4v) is 8.83. The minimum Gasteiger partial charge on any atom is -0.456 e. The molecule has 0 aliphatic heterocycles. The van der Waals surface area contributed by atoms with Gasteiger partial charge in [-0.05, 0) is 56.3 Å². The molecule has 4 aliphatic rings. The van der Waals surface area contributed by atoms with E-state index in [2.05, 4.69) is 9.68 Å². The van der Waals surface area contributed by atoms with Crippen LogP contribution in [-0.4, -0.2) is 130 Å². The van der Waals surface area contributed by atoms with Crippen molar-refractivity contribution in [1.82, 2.24) is 10.8 Å². The van der Waals surface area contributed by atoms with Crippen molar-refractivity contribution in [2.75, 3.05) is 46.2 Å². The van der Waals surface area contributed by atoms with Crippen LogP contribution in [0.25, 0.3) is 0 Å². The minimum atomic E-state index is -2.46. The lowest BCUT2D eigenvalue weighted by molar-refractivity contribution is -0.493. The molecule has 0 aromatic rings. The van der Waals surface area contributed by atoms with Gasteiger partial charge in [-0.3, -0.25) is 40.1 Å². The standard InChI is InChI=1S/C32H46F2N2O15/c1-19-13-21-22-15-24(33)23-14-20(37)6-7-29(23,2)31(22,34)25(38)16-30(21,3)32(19,51-27(40)5-4-8-49-35(42)43)26(39)17-48-28(41)18-47-10-9-46-11-12-50-36(44)45/h6-7,14,19,21-22,24-25,38,42-45H,4-5,8-13,15-18H2,1-3H3/t19-,21?,22?,24+,25+,29+,30+,31+,32+/m1/s1. The summed E-state index contributed by atoms with van der Waals surface area (Å²) < 4.78 is 55.1. The van der Waals surface area contributed by atoms with Gasteiger partial charge < -0.3 is 24.1 Å². The molecule has 0 spiro atoms. The summed E-state index contributed by atoms with van der Waals surface area (Å²) in [6, 6.07) is 0. The number of Topliss-reactive ketones (excluding diaryl/α,β-unsaturated/α-hetero) is 1. The second kappa shape index (κ2) is 16.5. The molecule has 0 aromatic carbocycles. The van der Waals surface area contributed by atoms with Crippen LogP contribution in [0.2, 0.25) is 0 Å². The lowest BCUT2D eigenvalue weighted by atomic mass is 9.44. The fraction of sp³-hybridized carbons (Fsp3) is 0.750. The molecule has 5 N–H and O–H groups in total. The summed E-state index contributed by atoms with van der Waals surface area (Å²) in [5.74, 6) is -6.02. The lowest BCUT2D eigenvalue weighted by Crippen LogP contribution is -2.71. The Bertz CT molecular complexity index is 1370. The van der Waals surface area contributed by atoms with Crippen molar-refractivity contribution in [1.29, 1.82) is 0 Å². The third-order valence-electron chi connectivity index (χ3n) is 11.0. The first-order chi connectivity index (χ1) is 23.9. The Morgan fingerprint density at radius 1 is 0.922 bits per heavy atom. The molecule has 0 bridgehead atoms. The lowest BCUT2D eigenvalue weighted by Gasteiger charge is -2.63. The fourth-order valence-electron chi connectivity index (χ4n) is 8.83. The Hall–Kier alpha value is -2.82. The monoisotopic (exact) mass is 736 g/mol. The molecule has 0 radical (unpaired) electrons. The van der Waals surface area contributed by atoms with Gasteiger partial charge in [-0.25, -0.2) is 18.4 Å². The van der Waals surface area contributed by atoms with Crippen LogP contribution in [0, 0.1) is 28.6 Å². The Kier molecular flexibility index (Phi) is 13.2. The van der Waals surface area contributed by atoms with E-state index in [-0.39, 0.29) is 57.9 Å². The van der Waals surface area contributed by atoms with Crippen LogP contribution < -0.4 is 0 Å². The molecule has 0 aromatic heterocycles. The number of alkyl halides is 2. The summed E-state index contributed by atoms with van der Waals surface area (Å²) in [5.41, 5.74) is -7.77. The van der Waals surface area contributed by atoms with E-state index in [1.807, 2.05) is 0 Å². The Labute approximate surface area is 292 Å². The highest BCUT2D eigenvalue weighted by atomic mass is 19.1. The molecule has 288 valence electrons. The van der Waals surface area contributed by atoms with E-state index < -0.39 is 112 Å². The molecule has 4 aliphatic carbocycles. The third-order valence-corrected chi connectivity index (χ3v) is 11.0. The number of esters is 2. The van der Waals surface area contributed by atoms with Crippen LogP contribution in [-0.2, 0) is 47.8 Å². The number of rotatable bonds is 18. The number of ketones is 2. The van der Waals surface area contributed by atoms with Gasteiger partial charge in [0.25, 0.3) is 0 Å². The number of hydrogen-bond donors (Lipinski definition) is 5. The summed E-state index contributed by atoms with van der Waals surface area (Å²) in [7, 11) is 0. The van der Waals surface area contributed by atoms with Gasteiger partial charge >= 0.3 is 11.9 Å². The maximum atomic E-state index is 17.7. The average molecular weight is 737 g/mol. The summed E-state index contributed by atoms with van der Waals surface area (Å²) >= 11 is 0. The molecule has 0 saturated heterocycles. The van der Waals surface area contributed by atoms with E-state index in [0.29, 0.717) is 0 Å². The SMILES string of the molecule is C[C@@H]1CC2C3C[C@H](F)C4=CC(=O)C=C[C@]4(C)[C@@]3(F)[C@@H](O)C[C@]2(C)[C@@]1(OC(=O)CCCON(O)O)C(=O)COC(=O)COCCOCCON(O)O. The number of allylic oxidation sites excluding steroid dienone is 4. The molecular weight excluding hydrogens is 690 g/mol. The number of aliphatic hydroxyl groups is 1. The molecular formula is C32H46F2N2O15. The largest absolute Gasteiger partial charge is 0.456 e. The number of ether oxygens (including phenoxy) is 4. The van der Waals surface area contributed by atoms with Crippen molar-refractivity contribution in [2.24, 2.45) is 28.6 Å². The van der Waals surface area contributed by atoms with Crippen LogP contribution >= 0.6 is 0 Å². The zero-order valence-electron chi connectivity index (χ0n) is 28.6. The highest BCUT2D eigenvalue weighted by molar-refractivity contribution is 6.01. The number of hydrogen-bond acceptors (Lipinski definition) is 17. The van der Waals surface area contributed by atoms with Crippen molar-refractivity contribution in [3.8, 4) is 0 Å². The Morgan fingerprint density at radius 2 is 1.57 bits per heavy atom. The van der Waals surface area contributed by atoms with Crippen molar-refractivity contribution >= 4 is 23.5 Å². The second-order valence-corrected chi connectivity index (χ2v) is 13.7. The van der Waals surface area contributed by atoms with Gasteiger partial charge in [0, 0.05) is 29.1 Å². The molecule has 2 unspecified atom stereocenters. The number of carbonyl (C=O) groups excluding carboxylic acids is 4. The van der Waals surface area contributed by atoms with Gasteiger partial charge in [-0.1, -0.05) is 19.9 Å². The maximum Gasteiger partial charge on any atom is 0.332 e. The van der Waals surface area contributed by atoms with Crippen LogP contribution in [0.3, 0.4) is 0 Å². The molecule has 9 atom stereocenters. The van der Waals surface area contributed by atoms with E-state index in [4.69, 9.17) is 39.8 Å². The molecule has 19 heteroatoms. The zero-order chi connectivity index (χ0) is 37.8. The highest BCUT2D eigenvalue weighted by Gasteiger charge is 2.78. The highest BCUT2D eigenvalue weighted by Crippen LogP contribution is 2.71. The van der Waals surface area contributed by atoms with Gasteiger partial charge in [0.2, 0.25) is 5.78 Å². The first-order valence-electron chi connectivity index (χ1n) is 16.6. The van der Waals surface area contributed by atoms with Crippen molar-refractivity contribution in [3.05, 3.63) is 23.8 Å². The topological polar surface area (TPSA) is 231 Å². The zero-order valence-corrected chi connectivity index (χ0v) is 28.6. The minimum absolute atomic E-state index is 0.00412. The summed E-state index contributed by atoms with van der Waals surface area (Å²) in [4.78, 5) is 61.1. The van der Waals surface area contributed by atoms with Crippen molar-refractivity contribution < 1.29 is 82.5 Å². The first kappa shape index (κ1) is 40.9. The van der Waals surface area contributed by atoms with Gasteiger partial charge in [-0.15, -0.1) is 0 Å². The van der Waals surface area contributed by atoms with Gasteiger partial charge in [0.05, 0.1) is 49.9 Å². The quantitative estimate of drug-likeness (QED) is 0.0767. The van der Waals surface area contributed by atoms with E-state index >= 15 is 8.78 Å². The van der Waals surface area contributed by atoms with Crippen LogP contribution in [0.15, 0.2) is 23.8 Å². The third kappa shape index (κ3) is 7.93. The molecule has 17 nitrogen and oxygen atoms in total. The Morgan fingerprint density at radius 3 is 2.25 bits per heavy atom. The molecule has 3 saturated carbocycles. The van der Waals surface area contributed by atoms with E-state index in [9.17, 15) is 24.3 Å². The molecule has 51 heavy (non-hydrogen) atoms. The summed E-state index contributed by atoms with van der Waals surface area (Å²) in [6.45, 7) is 2.57. The van der Waals surface area contributed by atoms with E-state index in [1.165, 1.54) is 13.0 Å². The second-order valence-electron chi connectivity index (χ2n) is 13.7. The average Bonchev–Trinajstić information content (AvgIpc) is 3.27. The smallest absolute Gasteiger partial charge is 0.332 e. The predicted octanol–water partition coefficient (Wildman–Crippen LogP) is 1.78. The molecule has 0 amide bonds. The van der Waals surface area contributed by atoms with Gasteiger partial charge in [-0.2, -0.15) is 0 Å². The van der Waals surface area contributed by atoms with E-state index in [1.54, 1.807) is 13.8 Å². The molecule has 4 rings (SSSR count). The molecule has 3 fully saturated rings. The van der Waals surface area contributed by atoms with Crippen LogP contribution in [0.4, 0.5) is 8.78 Å². The normalized spacial score (nSPS) is 35.6. The summed E-state index contributed by atoms with van der Waals surface area (Å²) in [5, 5.41) is 45.2. The van der Waals surface area contributed by atoms with Crippen LogP contribution in [0.5, 0.6) is 0 Å². The Balaban J connectivity index is 1.54. The van der Waals surface area contributed by atoms with Crippen LogP contribution in [0.1, 0.15) is 52.9 Å². The number of halogens is 2. The van der Waals surface area contributed by atoms with Crippen molar-refractivity contribution in [3.63, 3.8) is 0 Å². The maximum absolute atomic E-state index is 17.7. The molecule has 0 heterocycles.